The van der Waals surface area contributed by atoms with Gasteiger partial charge in [0.15, 0.2) is 0 Å². The molecule has 6 heteroatoms. The number of aromatic nitrogens is 1. The Morgan fingerprint density at radius 1 is 1.11 bits per heavy atom. The smallest absolute Gasteiger partial charge is 0.222 e. The molecule has 1 unspecified atom stereocenters. The highest BCUT2D eigenvalue weighted by Gasteiger charge is 2.20. The van der Waals surface area contributed by atoms with E-state index in [9.17, 15) is 9.18 Å². The fourth-order valence-electron chi connectivity index (χ4n) is 4.75. The molecule has 0 spiro atoms. The van der Waals surface area contributed by atoms with E-state index in [4.69, 9.17) is 4.74 Å². The fraction of sp³-hybridized carbons (Fsp3) is 0.300. The second kappa shape index (κ2) is 10.4. The van der Waals surface area contributed by atoms with Crippen molar-refractivity contribution in [3.05, 3.63) is 77.7 Å². The maximum Gasteiger partial charge on any atom is 0.222 e. The van der Waals surface area contributed by atoms with Crippen LogP contribution in [-0.2, 0) is 9.53 Å². The van der Waals surface area contributed by atoms with Crippen LogP contribution in [0.1, 0.15) is 37.3 Å². The lowest BCUT2D eigenvalue weighted by Crippen LogP contribution is -2.26. The molecule has 5 rings (SSSR count). The number of aliphatic imine (C=N–C) groups is 1. The summed E-state index contributed by atoms with van der Waals surface area (Å²) in [5, 5.41) is 0. The first kappa shape index (κ1) is 23.9. The van der Waals surface area contributed by atoms with Crippen molar-refractivity contribution < 1.29 is 13.9 Å². The third-order valence-electron chi connectivity index (χ3n) is 6.68. The summed E-state index contributed by atoms with van der Waals surface area (Å²) in [4.78, 5) is 23.1. The van der Waals surface area contributed by atoms with Crippen LogP contribution in [0, 0.1) is 18.7 Å². The summed E-state index contributed by atoms with van der Waals surface area (Å²) < 4.78 is 20.2. The Balaban J connectivity index is 1.43. The van der Waals surface area contributed by atoms with Gasteiger partial charge < -0.3 is 9.64 Å². The molecule has 1 saturated heterocycles. The minimum Gasteiger partial charge on any atom is -0.493 e. The third-order valence-corrected chi connectivity index (χ3v) is 6.68. The fourth-order valence-corrected chi connectivity index (χ4v) is 4.75. The highest BCUT2D eigenvalue weighted by atomic mass is 19.1. The molecule has 184 valence electrons. The molecule has 36 heavy (non-hydrogen) atoms. The molecule has 3 heterocycles. The van der Waals surface area contributed by atoms with Crippen LogP contribution in [0.25, 0.3) is 28.1 Å². The summed E-state index contributed by atoms with van der Waals surface area (Å²) in [6.07, 6.45) is 8.16. The van der Waals surface area contributed by atoms with Crippen molar-refractivity contribution >= 4 is 23.6 Å². The van der Waals surface area contributed by atoms with Gasteiger partial charge in [0, 0.05) is 54.5 Å². The Hall–Kier alpha value is -3.80. The molecule has 0 aliphatic carbocycles. The number of nitrogens with zero attached hydrogens (tertiary/aromatic N) is 3. The lowest BCUT2D eigenvalue weighted by Gasteiger charge is -2.17. The summed E-state index contributed by atoms with van der Waals surface area (Å²) in [5.74, 6) is 0.943. The van der Waals surface area contributed by atoms with E-state index < -0.39 is 0 Å². The van der Waals surface area contributed by atoms with Crippen molar-refractivity contribution in [1.82, 2.24) is 9.88 Å². The van der Waals surface area contributed by atoms with Gasteiger partial charge in [-0.1, -0.05) is 19.1 Å². The molecular weight excluding hydrogens is 453 g/mol. The molecule has 0 bridgehead atoms. The van der Waals surface area contributed by atoms with Crippen LogP contribution in [-0.4, -0.2) is 41.7 Å². The van der Waals surface area contributed by atoms with Gasteiger partial charge in [0.05, 0.1) is 18.0 Å². The summed E-state index contributed by atoms with van der Waals surface area (Å²) in [6, 6.07) is 15.2. The lowest BCUT2D eigenvalue weighted by molar-refractivity contribution is -0.127. The van der Waals surface area contributed by atoms with Gasteiger partial charge in [0.25, 0.3) is 0 Å². The Morgan fingerprint density at radius 2 is 1.97 bits per heavy atom. The first-order valence-electron chi connectivity index (χ1n) is 12.5. The van der Waals surface area contributed by atoms with Crippen molar-refractivity contribution in [1.29, 1.82) is 0 Å². The summed E-state index contributed by atoms with van der Waals surface area (Å²) in [5.41, 5.74) is 5.98. The molecule has 0 radical (unpaired) electrons. The first-order valence-corrected chi connectivity index (χ1v) is 12.5. The van der Waals surface area contributed by atoms with E-state index in [-0.39, 0.29) is 17.6 Å². The van der Waals surface area contributed by atoms with Crippen LogP contribution in [0.15, 0.2) is 65.8 Å². The largest absolute Gasteiger partial charge is 0.493 e. The van der Waals surface area contributed by atoms with Crippen LogP contribution in [0.4, 0.5) is 10.1 Å². The number of fused-ring (bicyclic) bond motifs is 1. The topological polar surface area (TPSA) is 54.8 Å². The van der Waals surface area contributed by atoms with Gasteiger partial charge >= 0.3 is 0 Å². The zero-order valence-electron chi connectivity index (χ0n) is 20.7. The Morgan fingerprint density at radius 3 is 2.78 bits per heavy atom. The summed E-state index contributed by atoms with van der Waals surface area (Å²) in [6.45, 7) is 5.94. The number of halogens is 1. The second-order valence-corrected chi connectivity index (χ2v) is 9.45. The predicted octanol–water partition coefficient (Wildman–Crippen LogP) is 6.59. The number of amides is 1. The molecule has 1 atom stereocenters. The molecule has 3 aromatic rings. The zero-order valence-corrected chi connectivity index (χ0v) is 20.7. The van der Waals surface area contributed by atoms with Gasteiger partial charge in [-0.05, 0) is 73.4 Å². The van der Waals surface area contributed by atoms with Gasteiger partial charge in [-0.3, -0.25) is 14.8 Å². The molecule has 0 saturated carbocycles. The lowest BCUT2D eigenvalue weighted by atomic mass is 9.96. The number of allylic oxidation sites excluding steroid dienone is 1. The average Bonchev–Trinajstić information content (AvgIpc) is 3.23. The summed E-state index contributed by atoms with van der Waals surface area (Å²) >= 11 is 0. The van der Waals surface area contributed by atoms with E-state index in [1.165, 1.54) is 6.07 Å². The number of rotatable bonds is 7. The number of pyridine rings is 1. The van der Waals surface area contributed by atoms with Crippen LogP contribution >= 0.6 is 0 Å². The minimum atomic E-state index is -0.228. The molecule has 0 N–H and O–H groups in total. The molecule has 5 nitrogen and oxygen atoms in total. The van der Waals surface area contributed by atoms with Crippen molar-refractivity contribution in [2.45, 2.75) is 33.1 Å². The second-order valence-electron chi connectivity index (χ2n) is 9.45. The van der Waals surface area contributed by atoms with Crippen molar-refractivity contribution in [3.8, 4) is 22.4 Å². The van der Waals surface area contributed by atoms with Gasteiger partial charge in [0.1, 0.15) is 11.6 Å². The molecule has 1 amide bonds. The number of hydrogen-bond donors (Lipinski definition) is 0. The quantitative estimate of drug-likeness (QED) is 0.357. The molecule has 1 fully saturated rings. The van der Waals surface area contributed by atoms with Gasteiger partial charge in [-0.2, -0.15) is 0 Å². The zero-order chi connectivity index (χ0) is 25.1. The maximum absolute atomic E-state index is 13.9. The number of benzene rings is 2. The van der Waals surface area contributed by atoms with Gasteiger partial charge in [0.2, 0.25) is 5.91 Å². The van der Waals surface area contributed by atoms with E-state index in [1.54, 1.807) is 19.2 Å². The van der Waals surface area contributed by atoms with Crippen LogP contribution in [0.2, 0.25) is 0 Å². The number of carbonyl (C=O) groups is 1. The Kier molecular flexibility index (Phi) is 6.94. The van der Waals surface area contributed by atoms with Gasteiger partial charge in [-0.15, -0.1) is 0 Å². The predicted molar refractivity (Wildman–Crippen MR) is 141 cm³/mol. The van der Waals surface area contributed by atoms with Crippen molar-refractivity contribution in [2.24, 2.45) is 10.9 Å². The summed E-state index contributed by atoms with van der Waals surface area (Å²) in [7, 11) is 0. The standard InChI is InChI=1S/C30H30FN3O2/c1-20-16-28(36-15-5-14-34-13-4-7-29(34)35)25-18-22(9-11-27(25)33-19-20)24-6-3-12-32-30(24)23-8-10-26(31)21(2)17-23/h3,6,8-12,16-20H,4-5,7,13-15H2,1-2H3. The number of aryl methyl sites for hydroxylation is 1. The van der Waals surface area contributed by atoms with E-state index in [1.807, 2.05) is 41.4 Å². The van der Waals surface area contributed by atoms with E-state index in [0.717, 1.165) is 65.3 Å². The molecular formula is C30H30FN3O2. The number of hydrogen-bond acceptors (Lipinski definition) is 4. The number of carbonyl (C=O) groups excluding carboxylic acids is 1. The minimum absolute atomic E-state index is 0.132. The normalized spacial score (nSPS) is 17.1. The highest BCUT2D eigenvalue weighted by molar-refractivity contribution is 5.87. The van der Waals surface area contributed by atoms with E-state index in [0.29, 0.717) is 18.6 Å². The van der Waals surface area contributed by atoms with E-state index >= 15 is 0 Å². The maximum atomic E-state index is 13.9. The molecule has 2 aromatic carbocycles. The molecule has 1 aromatic heterocycles. The monoisotopic (exact) mass is 483 g/mol. The van der Waals surface area contributed by atoms with Crippen molar-refractivity contribution in [3.63, 3.8) is 0 Å². The van der Waals surface area contributed by atoms with Crippen LogP contribution < -0.4 is 0 Å². The Bertz CT molecular complexity index is 1350. The van der Waals surface area contributed by atoms with Crippen molar-refractivity contribution in [2.75, 3.05) is 19.7 Å². The van der Waals surface area contributed by atoms with Crippen LogP contribution in [0.3, 0.4) is 0 Å². The van der Waals surface area contributed by atoms with Crippen LogP contribution in [0.5, 0.6) is 0 Å². The Labute approximate surface area is 211 Å². The SMILES string of the molecule is Cc1cc(-c2ncccc2-c2ccc3c(c2)C(OCCCN2CCCC2=O)=CC(C)C=N3)ccc1F. The third kappa shape index (κ3) is 5.08. The first-order chi connectivity index (χ1) is 17.5. The highest BCUT2D eigenvalue weighted by Crippen LogP contribution is 2.37. The van der Waals surface area contributed by atoms with Gasteiger partial charge in [-0.25, -0.2) is 4.39 Å². The number of ether oxygens (including phenoxy) is 1. The number of likely N-dealkylation sites (tertiary alicyclic amines) is 1. The average molecular weight is 484 g/mol. The molecule has 2 aliphatic heterocycles. The van der Waals surface area contributed by atoms with E-state index in [2.05, 4.69) is 29.0 Å². The molecule has 2 aliphatic rings.